The van der Waals surface area contributed by atoms with Gasteiger partial charge in [0, 0.05) is 15.1 Å². The summed E-state index contributed by atoms with van der Waals surface area (Å²) in [6.07, 6.45) is 11.3. The van der Waals surface area contributed by atoms with Crippen molar-refractivity contribution < 1.29 is 10.2 Å². The van der Waals surface area contributed by atoms with Crippen LogP contribution >= 0.6 is 22.6 Å². The number of benzene rings is 2. The van der Waals surface area contributed by atoms with Gasteiger partial charge < -0.3 is 10.2 Å². The lowest BCUT2D eigenvalue weighted by Gasteiger charge is -2.25. The second-order valence-electron chi connectivity index (χ2n) is 7.28. The number of phenolic OH excluding ortho intramolecular Hbond substituents is 2. The molecule has 0 bridgehead atoms. The first-order valence-corrected chi connectivity index (χ1v) is 10.7. The predicted octanol–water partition coefficient (Wildman–Crippen LogP) is 6.51. The van der Waals surface area contributed by atoms with Gasteiger partial charge in [0.05, 0.1) is 0 Å². The molecule has 1 fully saturated rings. The number of hydrogen-bond acceptors (Lipinski definition) is 2. The minimum atomic E-state index is 0.131. The summed E-state index contributed by atoms with van der Waals surface area (Å²) in [5.41, 5.74) is 4.13. The first-order chi connectivity index (χ1) is 12.5. The van der Waals surface area contributed by atoms with Crippen LogP contribution in [0.5, 0.6) is 11.5 Å². The monoisotopic (exact) mass is 462 g/mol. The summed E-state index contributed by atoms with van der Waals surface area (Å²) in [7, 11) is 0. The van der Waals surface area contributed by atoms with Gasteiger partial charge >= 0.3 is 0 Å². The number of aromatic hydroxyl groups is 2. The van der Waals surface area contributed by atoms with E-state index in [1.807, 2.05) is 6.08 Å². The summed E-state index contributed by atoms with van der Waals surface area (Å²) in [4.78, 5) is 0. The zero-order chi connectivity index (χ0) is 18.5. The molecule has 1 saturated carbocycles. The molecule has 1 aliphatic rings. The standard InChI is InChI=1S/C23H27IO2/c1-16-22(25)15-12-20(23(16)26)5-3-2-4-17-6-8-18(9-7-17)19-10-13-21(24)14-11-19/h3,5-9,12,15,19,21,25-26H,2,4,10-11,13-14H2,1H3/b5-3+. The van der Waals surface area contributed by atoms with Gasteiger partial charge in [0.15, 0.2) is 0 Å². The number of aryl methyl sites for hydroxylation is 1. The van der Waals surface area contributed by atoms with Gasteiger partial charge in [-0.2, -0.15) is 0 Å². The molecule has 0 atom stereocenters. The molecule has 0 aromatic heterocycles. The third-order valence-corrected chi connectivity index (χ3v) is 6.68. The van der Waals surface area contributed by atoms with E-state index in [1.54, 1.807) is 19.1 Å². The first kappa shape index (κ1) is 19.3. The summed E-state index contributed by atoms with van der Waals surface area (Å²) in [6, 6.07) is 12.5. The number of rotatable bonds is 5. The molecule has 1 aliphatic carbocycles. The molecule has 0 saturated heterocycles. The van der Waals surface area contributed by atoms with Crippen molar-refractivity contribution in [2.45, 2.75) is 55.3 Å². The summed E-state index contributed by atoms with van der Waals surface area (Å²) in [5, 5.41) is 19.6. The summed E-state index contributed by atoms with van der Waals surface area (Å²) in [5.74, 6) is 1.04. The molecular formula is C23H27IO2. The zero-order valence-electron chi connectivity index (χ0n) is 15.3. The van der Waals surface area contributed by atoms with Gasteiger partial charge in [-0.15, -0.1) is 0 Å². The lowest BCUT2D eigenvalue weighted by molar-refractivity contribution is 0.442. The van der Waals surface area contributed by atoms with Crippen LogP contribution < -0.4 is 0 Å². The van der Waals surface area contributed by atoms with Crippen molar-refractivity contribution in [3.05, 3.63) is 64.7 Å². The maximum absolute atomic E-state index is 10.1. The van der Waals surface area contributed by atoms with Crippen molar-refractivity contribution in [2.75, 3.05) is 0 Å². The molecule has 3 rings (SSSR count). The van der Waals surface area contributed by atoms with Crippen molar-refractivity contribution in [1.29, 1.82) is 0 Å². The van der Waals surface area contributed by atoms with E-state index >= 15 is 0 Å². The Labute approximate surface area is 170 Å². The van der Waals surface area contributed by atoms with Gasteiger partial charge in [-0.3, -0.25) is 0 Å². The van der Waals surface area contributed by atoms with Gasteiger partial charge in [-0.25, -0.2) is 0 Å². The van der Waals surface area contributed by atoms with E-state index in [0.29, 0.717) is 5.56 Å². The lowest BCUT2D eigenvalue weighted by atomic mass is 9.84. The van der Waals surface area contributed by atoms with Crippen LogP contribution in [0.25, 0.3) is 6.08 Å². The van der Waals surface area contributed by atoms with Crippen molar-refractivity contribution in [1.82, 2.24) is 0 Å². The molecule has 0 aliphatic heterocycles. The molecule has 2 aromatic carbocycles. The van der Waals surface area contributed by atoms with Crippen LogP contribution in [-0.2, 0) is 6.42 Å². The van der Waals surface area contributed by atoms with Crippen LogP contribution in [-0.4, -0.2) is 14.1 Å². The second-order valence-corrected chi connectivity index (χ2v) is 9.04. The van der Waals surface area contributed by atoms with Crippen LogP contribution in [0.3, 0.4) is 0 Å². The normalized spacial score (nSPS) is 20.5. The van der Waals surface area contributed by atoms with E-state index < -0.39 is 0 Å². The molecule has 0 heterocycles. The Morgan fingerprint density at radius 2 is 1.69 bits per heavy atom. The molecule has 138 valence electrons. The highest BCUT2D eigenvalue weighted by molar-refractivity contribution is 14.1. The van der Waals surface area contributed by atoms with Crippen LogP contribution in [0.1, 0.15) is 60.3 Å². The first-order valence-electron chi connectivity index (χ1n) is 9.45. The summed E-state index contributed by atoms with van der Waals surface area (Å²) >= 11 is 2.59. The third-order valence-electron chi connectivity index (χ3n) is 5.44. The van der Waals surface area contributed by atoms with E-state index in [2.05, 4.69) is 52.9 Å². The average molecular weight is 462 g/mol. The SMILES string of the molecule is Cc1c(O)ccc(/C=C/CCc2ccc(C3CCC(I)CC3)cc2)c1O. The maximum atomic E-state index is 10.1. The Morgan fingerprint density at radius 3 is 2.38 bits per heavy atom. The number of hydrogen-bond donors (Lipinski definition) is 2. The van der Waals surface area contributed by atoms with Crippen LogP contribution in [0.4, 0.5) is 0 Å². The lowest BCUT2D eigenvalue weighted by Crippen LogP contribution is -2.12. The predicted molar refractivity (Wildman–Crippen MR) is 117 cm³/mol. The summed E-state index contributed by atoms with van der Waals surface area (Å²) < 4.78 is 0.867. The van der Waals surface area contributed by atoms with Gasteiger partial charge in [0.1, 0.15) is 11.5 Å². The summed E-state index contributed by atoms with van der Waals surface area (Å²) in [6.45, 7) is 1.72. The quantitative estimate of drug-likeness (QED) is 0.393. The van der Waals surface area contributed by atoms with Crippen molar-refractivity contribution in [3.8, 4) is 11.5 Å². The molecule has 0 spiro atoms. The Morgan fingerprint density at radius 1 is 1.00 bits per heavy atom. The third kappa shape index (κ3) is 4.81. The Bertz CT molecular complexity index is 757. The number of allylic oxidation sites excluding steroid dienone is 1. The largest absolute Gasteiger partial charge is 0.508 e. The Hall–Kier alpha value is -1.49. The van der Waals surface area contributed by atoms with Crippen LogP contribution in [0, 0.1) is 6.92 Å². The average Bonchev–Trinajstić information content (AvgIpc) is 2.66. The molecule has 0 radical (unpaired) electrons. The topological polar surface area (TPSA) is 40.5 Å². The molecule has 0 unspecified atom stereocenters. The number of phenols is 2. The molecule has 3 heteroatoms. The smallest absolute Gasteiger partial charge is 0.129 e. The fraction of sp³-hybridized carbons (Fsp3) is 0.391. The minimum Gasteiger partial charge on any atom is -0.508 e. The number of halogens is 1. The molecule has 0 amide bonds. The van der Waals surface area contributed by atoms with Crippen molar-refractivity contribution in [3.63, 3.8) is 0 Å². The minimum absolute atomic E-state index is 0.131. The van der Waals surface area contributed by atoms with Gasteiger partial charge in [0.25, 0.3) is 0 Å². The van der Waals surface area contributed by atoms with Gasteiger partial charge in [-0.1, -0.05) is 59.0 Å². The molecule has 26 heavy (non-hydrogen) atoms. The van der Waals surface area contributed by atoms with Crippen molar-refractivity contribution in [2.24, 2.45) is 0 Å². The highest BCUT2D eigenvalue weighted by Crippen LogP contribution is 2.36. The molecule has 2 N–H and O–H groups in total. The number of alkyl halides is 1. The fourth-order valence-corrected chi connectivity index (χ4v) is 4.37. The van der Waals surface area contributed by atoms with Crippen LogP contribution in [0.15, 0.2) is 42.5 Å². The Balaban J connectivity index is 1.53. The zero-order valence-corrected chi connectivity index (χ0v) is 17.4. The highest BCUT2D eigenvalue weighted by atomic mass is 127. The second kappa shape index (κ2) is 8.94. The van der Waals surface area contributed by atoms with E-state index in [-0.39, 0.29) is 11.5 Å². The molecule has 2 aromatic rings. The van der Waals surface area contributed by atoms with E-state index in [4.69, 9.17) is 0 Å². The fourth-order valence-electron chi connectivity index (χ4n) is 3.65. The van der Waals surface area contributed by atoms with Crippen LogP contribution in [0.2, 0.25) is 0 Å². The van der Waals surface area contributed by atoms with Crippen molar-refractivity contribution >= 4 is 28.7 Å². The van der Waals surface area contributed by atoms with E-state index in [0.717, 1.165) is 28.2 Å². The van der Waals surface area contributed by atoms with E-state index in [1.165, 1.54) is 36.8 Å². The van der Waals surface area contributed by atoms with E-state index in [9.17, 15) is 10.2 Å². The highest BCUT2D eigenvalue weighted by Gasteiger charge is 2.20. The Kier molecular flexibility index (Phi) is 6.63. The van der Waals surface area contributed by atoms with Gasteiger partial charge in [-0.05, 0) is 74.6 Å². The molecule has 2 nitrogen and oxygen atoms in total. The molecular weight excluding hydrogens is 435 g/mol. The van der Waals surface area contributed by atoms with Gasteiger partial charge in [0.2, 0.25) is 0 Å². The maximum Gasteiger partial charge on any atom is 0.129 e.